The molecule has 0 radical (unpaired) electrons. The van der Waals surface area contributed by atoms with Gasteiger partial charge in [-0.3, -0.25) is 4.79 Å². The van der Waals surface area contributed by atoms with Crippen molar-refractivity contribution in [1.82, 2.24) is 10.6 Å². The Labute approximate surface area is 104 Å². The van der Waals surface area contributed by atoms with Crippen LogP contribution >= 0.6 is 0 Å². The van der Waals surface area contributed by atoms with Crippen LogP contribution in [-0.2, 0) is 4.79 Å². The van der Waals surface area contributed by atoms with E-state index >= 15 is 0 Å². The molecule has 1 saturated heterocycles. The number of hydrogen-bond acceptors (Lipinski definition) is 2. The molecule has 17 heavy (non-hydrogen) atoms. The van der Waals surface area contributed by atoms with E-state index in [0.29, 0.717) is 6.04 Å². The van der Waals surface area contributed by atoms with Crippen LogP contribution in [0.2, 0.25) is 0 Å². The predicted octanol–water partition coefficient (Wildman–Crippen LogP) is 1.82. The molecule has 0 aromatic heterocycles. The molecule has 96 valence electrons. The van der Waals surface area contributed by atoms with Crippen LogP contribution in [-0.4, -0.2) is 24.5 Å². The zero-order valence-corrected chi connectivity index (χ0v) is 10.6. The van der Waals surface area contributed by atoms with Crippen molar-refractivity contribution < 1.29 is 4.79 Å². The summed E-state index contributed by atoms with van der Waals surface area (Å²) in [5.74, 6) is 1.88. The lowest BCUT2D eigenvalue weighted by molar-refractivity contribution is -0.124. The van der Waals surface area contributed by atoms with Gasteiger partial charge < -0.3 is 10.6 Å². The van der Waals surface area contributed by atoms with Gasteiger partial charge >= 0.3 is 0 Å². The third kappa shape index (κ3) is 2.82. The van der Waals surface area contributed by atoms with E-state index in [2.05, 4.69) is 10.6 Å². The molecular formula is C14H24N2O. The molecule has 3 fully saturated rings. The molecule has 3 unspecified atom stereocenters. The quantitative estimate of drug-likeness (QED) is 0.785. The topological polar surface area (TPSA) is 41.1 Å². The van der Waals surface area contributed by atoms with Gasteiger partial charge in [-0.05, 0) is 50.4 Å². The van der Waals surface area contributed by atoms with Crippen LogP contribution in [0.15, 0.2) is 0 Å². The smallest absolute Gasteiger partial charge is 0.237 e. The Bertz CT molecular complexity index is 288. The third-order valence-electron chi connectivity index (χ3n) is 4.73. The number of nitrogens with one attached hydrogen (secondary N) is 2. The van der Waals surface area contributed by atoms with E-state index < -0.39 is 0 Å². The molecule has 0 aromatic carbocycles. The minimum atomic E-state index is 0.0908. The molecule has 1 amide bonds. The summed E-state index contributed by atoms with van der Waals surface area (Å²) in [6.07, 6.45) is 10.3. The van der Waals surface area contributed by atoms with Crippen LogP contribution in [0.4, 0.5) is 0 Å². The van der Waals surface area contributed by atoms with Gasteiger partial charge in [0.1, 0.15) is 0 Å². The van der Waals surface area contributed by atoms with Crippen molar-refractivity contribution >= 4 is 5.91 Å². The first-order valence-electron chi connectivity index (χ1n) is 7.36. The van der Waals surface area contributed by atoms with Gasteiger partial charge in [-0.1, -0.05) is 12.8 Å². The van der Waals surface area contributed by atoms with E-state index in [-0.39, 0.29) is 11.9 Å². The van der Waals surface area contributed by atoms with Gasteiger partial charge in [0.2, 0.25) is 5.91 Å². The number of fused-ring (bicyclic) bond motifs is 1. The lowest BCUT2D eigenvalue weighted by Crippen LogP contribution is -2.55. The summed E-state index contributed by atoms with van der Waals surface area (Å²) < 4.78 is 0. The average Bonchev–Trinajstić information content (AvgIpc) is 3.19. The van der Waals surface area contributed by atoms with E-state index in [4.69, 9.17) is 0 Å². The van der Waals surface area contributed by atoms with Crippen molar-refractivity contribution in [2.75, 3.05) is 6.54 Å². The second kappa shape index (κ2) is 4.97. The van der Waals surface area contributed by atoms with Gasteiger partial charge in [-0.2, -0.15) is 0 Å². The largest absolute Gasteiger partial charge is 0.354 e. The molecule has 2 saturated carbocycles. The van der Waals surface area contributed by atoms with Crippen LogP contribution in [0.25, 0.3) is 0 Å². The minimum Gasteiger partial charge on any atom is -0.354 e. The highest BCUT2D eigenvalue weighted by atomic mass is 16.2. The predicted molar refractivity (Wildman–Crippen MR) is 67.6 cm³/mol. The fourth-order valence-electron chi connectivity index (χ4n) is 3.39. The Hall–Kier alpha value is -0.570. The van der Waals surface area contributed by atoms with Crippen LogP contribution in [0.5, 0.6) is 0 Å². The van der Waals surface area contributed by atoms with E-state index in [0.717, 1.165) is 24.8 Å². The normalized spacial score (nSPS) is 37.3. The highest BCUT2D eigenvalue weighted by molar-refractivity contribution is 5.81. The molecule has 3 heteroatoms. The molecule has 3 atom stereocenters. The SMILES string of the molecule is O=C(NCC1CC1)C1CCC2CCCCC2N1. The van der Waals surface area contributed by atoms with Crippen molar-refractivity contribution in [2.24, 2.45) is 11.8 Å². The second-order valence-electron chi connectivity index (χ2n) is 6.14. The summed E-state index contributed by atoms with van der Waals surface area (Å²) in [6.45, 7) is 0.908. The third-order valence-corrected chi connectivity index (χ3v) is 4.73. The van der Waals surface area contributed by atoms with Gasteiger partial charge in [0.05, 0.1) is 6.04 Å². The Balaban J connectivity index is 1.48. The Morgan fingerprint density at radius 1 is 1.06 bits per heavy atom. The lowest BCUT2D eigenvalue weighted by Gasteiger charge is -2.39. The van der Waals surface area contributed by atoms with E-state index in [1.165, 1.54) is 44.9 Å². The fourth-order valence-corrected chi connectivity index (χ4v) is 3.39. The molecule has 3 nitrogen and oxygen atoms in total. The summed E-state index contributed by atoms with van der Waals surface area (Å²) in [7, 11) is 0. The molecule has 1 aliphatic heterocycles. The molecule has 2 aliphatic carbocycles. The van der Waals surface area contributed by atoms with E-state index in [1.54, 1.807) is 0 Å². The van der Waals surface area contributed by atoms with Crippen LogP contribution < -0.4 is 10.6 Å². The number of carbonyl (C=O) groups excluding carboxylic acids is 1. The molecule has 1 heterocycles. The van der Waals surface area contributed by atoms with Gasteiger partial charge in [0.15, 0.2) is 0 Å². The molecule has 0 spiro atoms. The molecular weight excluding hydrogens is 212 g/mol. The Morgan fingerprint density at radius 2 is 1.88 bits per heavy atom. The van der Waals surface area contributed by atoms with E-state index in [9.17, 15) is 4.79 Å². The summed E-state index contributed by atoms with van der Waals surface area (Å²) in [4.78, 5) is 12.0. The van der Waals surface area contributed by atoms with Crippen LogP contribution in [0.3, 0.4) is 0 Å². The molecule has 0 bridgehead atoms. The maximum absolute atomic E-state index is 12.0. The van der Waals surface area contributed by atoms with E-state index in [1.807, 2.05) is 0 Å². The fraction of sp³-hybridized carbons (Fsp3) is 0.929. The number of hydrogen-bond donors (Lipinski definition) is 2. The highest BCUT2D eigenvalue weighted by Crippen LogP contribution is 2.32. The average molecular weight is 236 g/mol. The zero-order chi connectivity index (χ0) is 11.7. The minimum absolute atomic E-state index is 0.0908. The van der Waals surface area contributed by atoms with Crippen LogP contribution in [0.1, 0.15) is 51.4 Å². The highest BCUT2D eigenvalue weighted by Gasteiger charge is 2.34. The van der Waals surface area contributed by atoms with Crippen molar-refractivity contribution in [3.05, 3.63) is 0 Å². The maximum atomic E-state index is 12.0. The first-order chi connectivity index (χ1) is 8.33. The number of rotatable bonds is 3. The summed E-state index contributed by atoms with van der Waals surface area (Å²) in [5, 5.41) is 6.70. The molecule has 0 aromatic rings. The Kier molecular flexibility index (Phi) is 3.37. The van der Waals surface area contributed by atoms with Crippen LogP contribution in [0, 0.1) is 11.8 Å². The summed E-state index contributed by atoms with van der Waals surface area (Å²) in [6, 6.07) is 0.710. The first kappa shape index (κ1) is 11.5. The lowest BCUT2D eigenvalue weighted by atomic mass is 9.77. The van der Waals surface area contributed by atoms with Crippen molar-refractivity contribution in [3.63, 3.8) is 0 Å². The summed E-state index contributed by atoms with van der Waals surface area (Å²) >= 11 is 0. The van der Waals surface area contributed by atoms with Crippen molar-refractivity contribution in [2.45, 2.75) is 63.5 Å². The van der Waals surface area contributed by atoms with Gasteiger partial charge in [0.25, 0.3) is 0 Å². The molecule has 2 N–H and O–H groups in total. The Morgan fingerprint density at radius 3 is 2.71 bits per heavy atom. The van der Waals surface area contributed by atoms with Crippen molar-refractivity contribution in [1.29, 1.82) is 0 Å². The van der Waals surface area contributed by atoms with Gasteiger partial charge in [0, 0.05) is 12.6 Å². The van der Waals surface area contributed by atoms with Crippen molar-refractivity contribution in [3.8, 4) is 0 Å². The molecule has 3 aliphatic rings. The second-order valence-corrected chi connectivity index (χ2v) is 6.14. The monoisotopic (exact) mass is 236 g/mol. The van der Waals surface area contributed by atoms with Gasteiger partial charge in [-0.15, -0.1) is 0 Å². The molecule has 3 rings (SSSR count). The first-order valence-corrected chi connectivity index (χ1v) is 7.36. The van der Waals surface area contributed by atoms with Gasteiger partial charge in [-0.25, -0.2) is 0 Å². The zero-order valence-electron chi connectivity index (χ0n) is 10.6. The summed E-state index contributed by atoms with van der Waals surface area (Å²) in [5.41, 5.74) is 0. The number of piperidine rings is 1. The standard InChI is InChI=1S/C14H24N2O/c17-14(15-9-10-5-6-10)13-8-7-11-3-1-2-4-12(11)16-13/h10-13,16H,1-9H2,(H,15,17). The number of amides is 1. The number of carbonyl (C=O) groups is 1. The maximum Gasteiger partial charge on any atom is 0.237 e.